The van der Waals surface area contributed by atoms with Gasteiger partial charge in [-0.15, -0.1) is 0 Å². The van der Waals surface area contributed by atoms with Gasteiger partial charge in [0.25, 0.3) is 5.56 Å². The maximum atomic E-state index is 15.5. The maximum Gasteiger partial charge on any atom is 0.331 e. The number of aliphatic carboxylic acids is 1. The maximum absolute atomic E-state index is 15.5. The number of H-pyrrole nitrogens is 1. The van der Waals surface area contributed by atoms with Crippen LogP contribution in [0, 0.1) is 12.8 Å². The van der Waals surface area contributed by atoms with Crippen molar-refractivity contribution in [3.8, 4) is 0 Å². The molecular weight excluding hydrogens is 478 g/mol. The third-order valence-corrected chi connectivity index (χ3v) is 7.49. The van der Waals surface area contributed by atoms with Gasteiger partial charge in [-0.2, -0.15) is 0 Å². The van der Waals surface area contributed by atoms with Gasteiger partial charge in [-0.3, -0.25) is 28.5 Å². The van der Waals surface area contributed by atoms with Gasteiger partial charge in [0.05, 0.1) is 32.2 Å². The van der Waals surface area contributed by atoms with Gasteiger partial charge in [0, 0.05) is 11.8 Å². The molecule has 0 aromatic carbocycles. The van der Waals surface area contributed by atoms with Crippen molar-refractivity contribution in [2.45, 2.75) is 65.1 Å². The monoisotopic (exact) mass is 508 g/mol. The second-order valence-electron chi connectivity index (χ2n) is 7.87. The summed E-state index contributed by atoms with van der Waals surface area (Å²) in [4.78, 5) is 49.0. The fourth-order valence-corrected chi connectivity index (χ4v) is 5.64. The molecule has 0 radical (unpaired) electrons. The third kappa shape index (κ3) is 6.84. The Bertz CT molecular complexity index is 1030. The van der Waals surface area contributed by atoms with Crippen LogP contribution in [-0.2, 0) is 32.7 Å². The van der Waals surface area contributed by atoms with Crippen LogP contribution in [0.1, 0.15) is 45.4 Å². The number of carbonyl (C=O) groups is 2. The highest BCUT2D eigenvalue weighted by molar-refractivity contribution is 7.53. The van der Waals surface area contributed by atoms with Crippen molar-refractivity contribution in [1.82, 2.24) is 9.55 Å². The quantitative estimate of drug-likeness (QED) is 0.314. The van der Waals surface area contributed by atoms with E-state index < -0.39 is 74.2 Å². The number of aromatic nitrogens is 2. The molecule has 0 amide bonds. The Morgan fingerprint density at radius 2 is 1.88 bits per heavy atom. The summed E-state index contributed by atoms with van der Waals surface area (Å²) in [6.45, 7) is 6.46. The summed E-state index contributed by atoms with van der Waals surface area (Å²) in [6, 6.07) is 0. The predicted molar refractivity (Wildman–Crippen MR) is 117 cm³/mol. The van der Waals surface area contributed by atoms with Crippen LogP contribution in [0.3, 0.4) is 0 Å². The zero-order chi connectivity index (χ0) is 25.6. The van der Waals surface area contributed by atoms with E-state index in [1.807, 2.05) is 0 Å². The summed E-state index contributed by atoms with van der Waals surface area (Å²) in [7, 11) is -3.59. The number of carboxylic acids is 1. The fraction of sp³-hybridized carbons (Fsp3) is 0.700. The molecule has 12 nitrogen and oxygen atoms in total. The van der Waals surface area contributed by atoms with E-state index in [2.05, 4.69) is 4.98 Å². The lowest BCUT2D eigenvalue weighted by atomic mass is 10.0. The molecule has 1 aromatic heterocycles. The standard InChI is InChI=1S/C20H30FN2O10P/c1-5-30-34(29,31-6-2)10-12(4)16-17(32-14(26)8-7-13(24)25)15(21)19(33-16)23-9-11(3)18(27)22-20(23)28/h9,12,15-17,19H,5-8,10H2,1-4H3,(H,24,25)(H,22,27,28)/t12-,15+,16?,17-,19?/m0/s1. The SMILES string of the molecule is CCOP(=O)(C[C@H](C)C1OC(n2cc(C)c(=O)[nH]c2=O)[C@H](F)[C@@H]1OC(=O)CCC(=O)O)OCC. The van der Waals surface area contributed by atoms with Gasteiger partial charge in [-0.1, -0.05) is 6.92 Å². The summed E-state index contributed by atoms with van der Waals surface area (Å²) in [5.74, 6) is -2.94. The molecule has 1 aliphatic rings. The minimum Gasteiger partial charge on any atom is -0.481 e. The first kappa shape index (κ1) is 27.9. The van der Waals surface area contributed by atoms with E-state index in [0.717, 1.165) is 10.8 Å². The normalized spacial score (nSPS) is 23.6. The molecule has 0 bridgehead atoms. The summed E-state index contributed by atoms with van der Waals surface area (Å²) in [5, 5.41) is 8.78. The van der Waals surface area contributed by atoms with Gasteiger partial charge in [0.2, 0.25) is 0 Å². The Hall–Kier alpha value is -2.34. The molecule has 1 aromatic rings. The Labute approximate surface area is 194 Å². The lowest BCUT2D eigenvalue weighted by Crippen LogP contribution is -2.39. The lowest BCUT2D eigenvalue weighted by molar-refractivity contribution is -0.157. The molecule has 5 atom stereocenters. The summed E-state index contributed by atoms with van der Waals surface area (Å²) < 4.78 is 51.0. The average Bonchev–Trinajstić information content (AvgIpc) is 3.05. The Balaban J connectivity index is 2.37. The topological polar surface area (TPSA) is 163 Å². The molecule has 14 heteroatoms. The molecule has 2 unspecified atom stereocenters. The van der Waals surface area contributed by atoms with Crippen LogP contribution in [0.2, 0.25) is 0 Å². The van der Waals surface area contributed by atoms with Crippen LogP contribution in [0.15, 0.2) is 15.8 Å². The van der Waals surface area contributed by atoms with Crippen LogP contribution in [0.5, 0.6) is 0 Å². The summed E-state index contributed by atoms with van der Waals surface area (Å²) in [5.41, 5.74) is -1.45. The number of hydrogen-bond donors (Lipinski definition) is 2. The number of hydrogen-bond acceptors (Lipinski definition) is 9. The number of halogens is 1. The first-order valence-electron chi connectivity index (χ1n) is 10.8. The van der Waals surface area contributed by atoms with Gasteiger partial charge in [0.15, 0.2) is 18.5 Å². The number of aryl methyl sites for hydroxylation is 1. The molecule has 2 heterocycles. The number of rotatable bonds is 12. The third-order valence-electron chi connectivity index (χ3n) is 5.16. The zero-order valence-electron chi connectivity index (χ0n) is 19.4. The number of carboxylic acid groups (broad SMARTS) is 1. The van der Waals surface area contributed by atoms with E-state index in [1.165, 1.54) is 6.92 Å². The van der Waals surface area contributed by atoms with Crippen molar-refractivity contribution in [3.63, 3.8) is 0 Å². The number of nitrogens with zero attached hydrogens (tertiary/aromatic N) is 1. The van der Waals surface area contributed by atoms with Gasteiger partial charge >= 0.3 is 25.2 Å². The van der Waals surface area contributed by atoms with Crippen LogP contribution in [0.4, 0.5) is 4.39 Å². The van der Waals surface area contributed by atoms with Gasteiger partial charge in [-0.25, -0.2) is 9.18 Å². The van der Waals surface area contributed by atoms with E-state index >= 15 is 4.39 Å². The molecule has 0 spiro atoms. The van der Waals surface area contributed by atoms with Crippen molar-refractivity contribution < 1.29 is 42.2 Å². The second-order valence-corrected chi connectivity index (χ2v) is 9.97. The molecule has 34 heavy (non-hydrogen) atoms. The summed E-state index contributed by atoms with van der Waals surface area (Å²) >= 11 is 0. The molecular formula is C20H30FN2O10P. The Morgan fingerprint density at radius 3 is 2.44 bits per heavy atom. The number of ether oxygens (including phenoxy) is 2. The molecule has 1 fully saturated rings. The predicted octanol–water partition coefficient (Wildman–Crippen LogP) is 1.76. The van der Waals surface area contributed by atoms with Crippen LogP contribution >= 0.6 is 7.60 Å². The Kier molecular flexibility index (Phi) is 9.74. The highest BCUT2D eigenvalue weighted by atomic mass is 31.2. The minimum absolute atomic E-state index is 0.101. The van der Waals surface area contributed by atoms with E-state index in [1.54, 1.807) is 20.8 Å². The highest BCUT2D eigenvalue weighted by Crippen LogP contribution is 2.51. The number of esters is 1. The smallest absolute Gasteiger partial charge is 0.331 e. The number of aromatic amines is 1. The molecule has 1 aliphatic heterocycles. The van der Waals surface area contributed by atoms with Crippen molar-refractivity contribution in [2.24, 2.45) is 5.92 Å². The van der Waals surface area contributed by atoms with Gasteiger partial charge in [0.1, 0.15) is 6.10 Å². The van der Waals surface area contributed by atoms with Crippen LogP contribution < -0.4 is 11.2 Å². The van der Waals surface area contributed by atoms with Crippen molar-refractivity contribution >= 4 is 19.5 Å². The lowest BCUT2D eigenvalue weighted by Gasteiger charge is -2.27. The number of nitrogens with one attached hydrogen (secondary N) is 1. The van der Waals surface area contributed by atoms with Crippen LogP contribution in [-0.4, -0.2) is 64.4 Å². The molecule has 2 N–H and O–H groups in total. The van der Waals surface area contributed by atoms with Crippen LogP contribution in [0.25, 0.3) is 0 Å². The molecule has 192 valence electrons. The highest BCUT2D eigenvalue weighted by Gasteiger charge is 2.52. The first-order valence-corrected chi connectivity index (χ1v) is 12.6. The average molecular weight is 508 g/mol. The Morgan fingerprint density at radius 1 is 1.26 bits per heavy atom. The van der Waals surface area contributed by atoms with E-state index in [0.29, 0.717) is 0 Å². The molecule has 0 saturated carbocycles. The van der Waals surface area contributed by atoms with Crippen molar-refractivity contribution in [1.29, 1.82) is 0 Å². The van der Waals surface area contributed by atoms with E-state index in [-0.39, 0.29) is 24.9 Å². The van der Waals surface area contributed by atoms with Crippen molar-refractivity contribution in [2.75, 3.05) is 19.4 Å². The zero-order valence-corrected chi connectivity index (χ0v) is 20.3. The minimum atomic E-state index is -3.59. The fourth-order valence-electron chi connectivity index (χ4n) is 3.65. The summed E-state index contributed by atoms with van der Waals surface area (Å²) in [6.07, 6.45) is -6.43. The second kappa shape index (κ2) is 11.9. The van der Waals surface area contributed by atoms with Gasteiger partial charge in [-0.05, 0) is 26.7 Å². The van der Waals surface area contributed by atoms with E-state index in [9.17, 15) is 23.7 Å². The number of carbonyl (C=O) groups excluding carboxylic acids is 1. The molecule has 0 aliphatic carbocycles. The van der Waals surface area contributed by atoms with Gasteiger partial charge < -0.3 is 23.6 Å². The number of alkyl halides is 1. The first-order chi connectivity index (χ1) is 15.9. The molecule has 1 saturated heterocycles. The largest absolute Gasteiger partial charge is 0.481 e. The molecule has 2 rings (SSSR count). The van der Waals surface area contributed by atoms with E-state index in [4.69, 9.17) is 23.6 Å². The van der Waals surface area contributed by atoms with Crippen molar-refractivity contribution in [3.05, 3.63) is 32.6 Å².